The normalized spacial score (nSPS) is 12.3. The van der Waals surface area contributed by atoms with Crippen molar-refractivity contribution in [1.82, 2.24) is 0 Å². The highest BCUT2D eigenvalue weighted by molar-refractivity contribution is 5.74. The molecule has 0 heterocycles. The monoisotopic (exact) mass is 290 g/mol. The topological polar surface area (TPSA) is 37.3 Å². The predicted octanol–water partition coefficient (Wildman–Crippen LogP) is 5.45. The van der Waals surface area contributed by atoms with Crippen molar-refractivity contribution in [2.24, 2.45) is 0 Å². The minimum atomic E-state index is -0.393. The van der Waals surface area contributed by atoms with Gasteiger partial charge in [0, 0.05) is 5.56 Å². The van der Waals surface area contributed by atoms with E-state index in [0.717, 1.165) is 24.7 Å². The van der Waals surface area contributed by atoms with Crippen LogP contribution in [0.25, 0.3) is 0 Å². The molecule has 0 aliphatic carbocycles. The summed E-state index contributed by atoms with van der Waals surface area (Å²) >= 11 is 0. The van der Waals surface area contributed by atoms with Gasteiger partial charge in [0.15, 0.2) is 0 Å². The van der Waals surface area contributed by atoms with Crippen molar-refractivity contribution in [2.45, 2.75) is 77.2 Å². The molecule has 1 aromatic carbocycles. The third kappa shape index (κ3) is 8.01. The molecule has 0 saturated heterocycles. The maximum Gasteiger partial charge on any atom is 0.150 e. The number of hydrogen-bond donors (Lipinski definition) is 1. The number of benzene rings is 1. The van der Waals surface area contributed by atoms with Crippen LogP contribution in [-0.2, 0) is 0 Å². The molecule has 0 saturated carbocycles. The third-order valence-corrected chi connectivity index (χ3v) is 4.04. The highest BCUT2D eigenvalue weighted by atomic mass is 16.3. The summed E-state index contributed by atoms with van der Waals surface area (Å²) in [5, 5.41) is 10.1. The smallest absolute Gasteiger partial charge is 0.150 e. The predicted molar refractivity (Wildman–Crippen MR) is 88.6 cm³/mol. The Morgan fingerprint density at radius 3 is 1.95 bits per heavy atom. The van der Waals surface area contributed by atoms with Crippen LogP contribution in [0.2, 0.25) is 0 Å². The Hall–Kier alpha value is -1.15. The number of unbranched alkanes of at least 4 members (excludes halogenated alkanes) is 8. The first-order valence-corrected chi connectivity index (χ1v) is 8.51. The third-order valence-electron chi connectivity index (χ3n) is 4.04. The van der Waals surface area contributed by atoms with Crippen molar-refractivity contribution in [3.05, 3.63) is 35.4 Å². The van der Waals surface area contributed by atoms with E-state index in [9.17, 15) is 9.90 Å². The summed E-state index contributed by atoms with van der Waals surface area (Å²) in [6.07, 6.45) is 12.9. The van der Waals surface area contributed by atoms with Gasteiger partial charge in [-0.25, -0.2) is 0 Å². The molecule has 0 aliphatic heterocycles. The van der Waals surface area contributed by atoms with Crippen LogP contribution in [0.4, 0.5) is 0 Å². The van der Waals surface area contributed by atoms with Crippen LogP contribution in [0, 0.1) is 0 Å². The molecule has 0 aromatic heterocycles. The Bertz CT molecular complexity index is 370. The van der Waals surface area contributed by atoms with Crippen molar-refractivity contribution in [1.29, 1.82) is 0 Å². The number of aldehydes is 1. The van der Waals surface area contributed by atoms with Gasteiger partial charge in [0.1, 0.15) is 6.29 Å². The molecule has 0 amide bonds. The first kappa shape index (κ1) is 17.9. The molecule has 1 unspecified atom stereocenters. The van der Waals surface area contributed by atoms with Gasteiger partial charge in [0.05, 0.1) is 6.10 Å². The molecule has 21 heavy (non-hydrogen) atoms. The Morgan fingerprint density at radius 1 is 0.905 bits per heavy atom. The van der Waals surface area contributed by atoms with Crippen LogP contribution in [0.15, 0.2) is 24.3 Å². The van der Waals surface area contributed by atoms with Crippen LogP contribution in [-0.4, -0.2) is 11.4 Å². The van der Waals surface area contributed by atoms with Crippen LogP contribution in [0.3, 0.4) is 0 Å². The molecule has 0 spiro atoms. The molecule has 0 aliphatic rings. The fraction of sp³-hybridized carbons (Fsp3) is 0.632. The van der Waals surface area contributed by atoms with Gasteiger partial charge in [-0.3, -0.25) is 4.79 Å². The highest BCUT2D eigenvalue weighted by Gasteiger charge is 2.06. The number of rotatable bonds is 12. The zero-order valence-electron chi connectivity index (χ0n) is 13.4. The number of aliphatic hydroxyl groups is 1. The molecule has 0 bridgehead atoms. The zero-order chi connectivity index (χ0) is 15.3. The van der Waals surface area contributed by atoms with E-state index in [1.807, 2.05) is 12.1 Å². The maximum atomic E-state index is 10.6. The second-order valence-electron chi connectivity index (χ2n) is 5.92. The molecule has 0 radical (unpaired) electrons. The Morgan fingerprint density at radius 2 is 1.43 bits per heavy atom. The minimum absolute atomic E-state index is 0.393. The Balaban J connectivity index is 2.05. The Kier molecular flexibility index (Phi) is 9.81. The van der Waals surface area contributed by atoms with Crippen molar-refractivity contribution in [3.8, 4) is 0 Å². The fourth-order valence-electron chi connectivity index (χ4n) is 2.61. The molecule has 1 atom stereocenters. The average Bonchev–Trinajstić information content (AvgIpc) is 2.53. The van der Waals surface area contributed by atoms with Crippen LogP contribution in [0.1, 0.15) is 93.2 Å². The largest absolute Gasteiger partial charge is 0.388 e. The van der Waals surface area contributed by atoms with E-state index in [2.05, 4.69) is 6.92 Å². The van der Waals surface area contributed by atoms with Gasteiger partial charge in [-0.2, -0.15) is 0 Å². The van der Waals surface area contributed by atoms with Gasteiger partial charge in [-0.15, -0.1) is 0 Å². The van der Waals surface area contributed by atoms with E-state index in [-0.39, 0.29) is 0 Å². The summed E-state index contributed by atoms with van der Waals surface area (Å²) in [5.74, 6) is 0. The molecule has 2 nitrogen and oxygen atoms in total. The number of hydrogen-bond acceptors (Lipinski definition) is 2. The summed E-state index contributed by atoms with van der Waals surface area (Å²) in [4.78, 5) is 10.6. The van der Waals surface area contributed by atoms with Crippen LogP contribution >= 0.6 is 0 Å². The standard InChI is InChI=1S/C19H30O2/c1-2-3-4-5-6-7-8-9-10-11-19(21)18-14-12-17(16-20)13-15-18/h12-16,19,21H,2-11H2,1H3. The second-order valence-corrected chi connectivity index (χ2v) is 5.92. The molecule has 118 valence electrons. The number of carbonyl (C=O) groups excluding carboxylic acids is 1. The van der Waals surface area contributed by atoms with Gasteiger partial charge >= 0.3 is 0 Å². The molecule has 1 rings (SSSR count). The summed E-state index contributed by atoms with van der Waals surface area (Å²) in [5.41, 5.74) is 1.58. The van der Waals surface area contributed by atoms with Crippen molar-refractivity contribution >= 4 is 6.29 Å². The summed E-state index contributed by atoms with van der Waals surface area (Å²) in [6, 6.07) is 7.23. The SMILES string of the molecule is CCCCCCCCCCCC(O)c1ccc(C=O)cc1. The first-order valence-electron chi connectivity index (χ1n) is 8.51. The van der Waals surface area contributed by atoms with E-state index in [1.165, 1.54) is 51.4 Å². The van der Waals surface area contributed by atoms with Gasteiger partial charge in [-0.1, -0.05) is 89.0 Å². The summed E-state index contributed by atoms with van der Waals surface area (Å²) in [6.45, 7) is 2.25. The summed E-state index contributed by atoms with van der Waals surface area (Å²) < 4.78 is 0. The fourth-order valence-corrected chi connectivity index (χ4v) is 2.61. The van der Waals surface area contributed by atoms with Gasteiger partial charge < -0.3 is 5.11 Å². The van der Waals surface area contributed by atoms with E-state index >= 15 is 0 Å². The van der Waals surface area contributed by atoms with E-state index < -0.39 is 6.10 Å². The molecular weight excluding hydrogens is 260 g/mol. The second kappa shape index (κ2) is 11.5. The molecule has 0 fully saturated rings. The Labute approximate surface area is 129 Å². The zero-order valence-corrected chi connectivity index (χ0v) is 13.4. The quantitative estimate of drug-likeness (QED) is 0.410. The van der Waals surface area contributed by atoms with Crippen molar-refractivity contribution in [3.63, 3.8) is 0 Å². The van der Waals surface area contributed by atoms with Gasteiger partial charge in [0.25, 0.3) is 0 Å². The molecular formula is C19H30O2. The summed E-state index contributed by atoms with van der Waals surface area (Å²) in [7, 11) is 0. The maximum absolute atomic E-state index is 10.6. The number of aliphatic hydroxyl groups excluding tert-OH is 1. The molecule has 1 aromatic rings. The lowest BCUT2D eigenvalue weighted by Crippen LogP contribution is -1.97. The average molecular weight is 290 g/mol. The number of carbonyl (C=O) groups is 1. The highest BCUT2D eigenvalue weighted by Crippen LogP contribution is 2.20. The van der Waals surface area contributed by atoms with E-state index in [4.69, 9.17) is 0 Å². The van der Waals surface area contributed by atoms with Crippen molar-refractivity contribution < 1.29 is 9.90 Å². The van der Waals surface area contributed by atoms with Crippen LogP contribution < -0.4 is 0 Å². The van der Waals surface area contributed by atoms with Crippen LogP contribution in [0.5, 0.6) is 0 Å². The van der Waals surface area contributed by atoms with Gasteiger partial charge in [0.2, 0.25) is 0 Å². The lowest BCUT2D eigenvalue weighted by Gasteiger charge is -2.11. The van der Waals surface area contributed by atoms with E-state index in [0.29, 0.717) is 5.56 Å². The lowest BCUT2D eigenvalue weighted by atomic mass is 10.0. The lowest BCUT2D eigenvalue weighted by molar-refractivity contribution is 0.112. The van der Waals surface area contributed by atoms with Gasteiger partial charge in [-0.05, 0) is 12.0 Å². The molecule has 2 heteroatoms. The first-order chi connectivity index (χ1) is 10.3. The minimum Gasteiger partial charge on any atom is -0.388 e. The van der Waals surface area contributed by atoms with E-state index in [1.54, 1.807) is 12.1 Å². The molecule has 1 N–H and O–H groups in total. The van der Waals surface area contributed by atoms with Crippen molar-refractivity contribution in [2.75, 3.05) is 0 Å².